The zero-order chi connectivity index (χ0) is 12.8. The molecule has 1 aromatic rings. The molecule has 0 aromatic carbocycles. The largest absolute Gasteiger partial charge is 0.387 e. The van der Waals surface area contributed by atoms with E-state index in [1.54, 1.807) is 6.20 Å². The number of ether oxygens (including phenoxy) is 1. The van der Waals surface area contributed by atoms with E-state index in [1.165, 1.54) is 6.07 Å². The maximum absolute atomic E-state index is 11.5. The van der Waals surface area contributed by atoms with Crippen molar-refractivity contribution in [3.8, 4) is 0 Å². The summed E-state index contributed by atoms with van der Waals surface area (Å²) in [6.07, 6.45) is 1.84. The number of aromatic amines is 1. The number of aromatic nitrogens is 1. The van der Waals surface area contributed by atoms with Crippen LogP contribution < -0.4 is 17.2 Å². The Hall–Kier alpha value is -1.70. The molecule has 0 saturated carbocycles. The molecular weight excluding hydrogens is 224 g/mol. The van der Waals surface area contributed by atoms with Gasteiger partial charge in [-0.1, -0.05) is 0 Å². The molecule has 0 spiro atoms. The van der Waals surface area contributed by atoms with Crippen LogP contribution in [0.2, 0.25) is 0 Å². The third kappa shape index (κ3) is 3.66. The summed E-state index contributed by atoms with van der Waals surface area (Å²) in [6.45, 7) is 0.550. The molecule has 0 aliphatic rings. The fourth-order valence-electron chi connectivity index (χ4n) is 1.19. The Bertz CT molecular complexity index is 402. The number of carbonyl (C=O) groups is 2. The highest BCUT2D eigenvalue weighted by atomic mass is 16.6. The number of hydrogen-bond acceptors (Lipinski definition) is 6. The summed E-state index contributed by atoms with van der Waals surface area (Å²) in [6, 6.07) is 0.636. The Kier molecular flexibility index (Phi) is 4.83. The average molecular weight is 240 g/mol. The number of esters is 2. The van der Waals surface area contributed by atoms with Crippen LogP contribution in [-0.2, 0) is 16.1 Å². The lowest BCUT2D eigenvalue weighted by Gasteiger charge is -2.07. The maximum atomic E-state index is 11.5. The Morgan fingerprint density at radius 3 is 2.65 bits per heavy atom. The number of carbonyl (C=O) groups excluding carboxylic acids is 2. The summed E-state index contributed by atoms with van der Waals surface area (Å²) in [4.78, 5) is 25.5. The number of hydrogen-bond donors (Lipinski definition) is 4. The van der Waals surface area contributed by atoms with E-state index < -0.39 is 18.0 Å². The molecular formula is C10H16N4O3. The van der Waals surface area contributed by atoms with Crippen molar-refractivity contribution < 1.29 is 14.3 Å². The first-order valence-electron chi connectivity index (χ1n) is 5.17. The van der Waals surface area contributed by atoms with Crippen molar-refractivity contribution >= 4 is 11.9 Å². The summed E-state index contributed by atoms with van der Waals surface area (Å²) in [5.74, 6) is -1.56. The topological polar surface area (TPSA) is 137 Å². The fourth-order valence-corrected chi connectivity index (χ4v) is 1.19. The molecule has 0 fully saturated rings. The number of nitrogens with one attached hydrogen (secondary N) is 1. The third-order valence-electron chi connectivity index (χ3n) is 2.17. The van der Waals surface area contributed by atoms with Gasteiger partial charge in [-0.15, -0.1) is 0 Å². The van der Waals surface area contributed by atoms with E-state index in [4.69, 9.17) is 17.2 Å². The predicted molar refractivity (Wildman–Crippen MR) is 60.8 cm³/mol. The molecule has 0 saturated heterocycles. The second kappa shape index (κ2) is 6.14. The summed E-state index contributed by atoms with van der Waals surface area (Å²) < 4.78 is 4.58. The first kappa shape index (κ1) is 13.4. The van der Waals surface area contributed by atoms with Gasteiger partial charge in [0.2, 0.25) is 0 Å². The summed E-state index contributed by atoms with van der Waals surface area (Å²) in [5, 5.41) is 0. The monoisotopic (exact) mass is 240 g/mol. The third-order valence-corrected chi connectivity index (χ3v) is 2.17. The van der Waals surface area contributed by atoms with E-state index in [2.05, 4.69) is 9.72 Å². The van der Waals surface area contributed by atoms with Crippen LogP contribution in [0.4, 0.5) is 0 Å². The number of rotatable bonds is 5. The molecule has 0 radical (unpaired) electrons. The minimum atomic E-state index is -0.882. The molecule has 0 bridgehead atoms. The maximum Gasteiger partial charge on any atom is 0.362 e. The number of nitrogens with two attached hydrogens (primary N) is 3. The first-order chi connectivity index (χ1) is 8.08. The van der Waals surface area contributed by atoms with Gasteiger partial charge in [-0.2, -0.15) is 0 Å². The van der Waals surface area contributed by atoms with Gasteiger partial charge in [0.05, 0.1) is 0 Å². The van der Waals surface area contributed by atoms with Gasteiger partial charge in [-0.25, -0.2) is 9.59 Å². The van der Waals surface area contributed by atoms with Gasteiger partial charge in [0, 0.05) is 12.7 Å². The minimum absolute atomic E-state index is 0.166. The Morgan fingerprint density at radius 2 is 2.12 bits per heavy atom. The van der Waals surface area contributed by atoms with E-state index in [-0.39, 0.29) is 18.7 Å². The molecule has 7 N–H and O–H groups in total. The zero-order valence-corrected chi connectivity index (χ0v) is 9.31. The lowest BCUT2D eigenvalue weighted by atomic mass is 10.2. The SMILES string of the molecule is NCCC(N)C(=O)OC(=O)c1cc(CN)c[nH]1. The van der Waals surface area contributed by atoms with Crippen molar-refractivity contribution in [3.05, 3.63) is 23.5 Å². The molecule has 17 heavy (non-hydrogen) atoms. The van der Waals surface area contributed by atoms with Crippen LogP contribution in [0.3, 0.4) is 0 Å². The van der Waals surface area contributed by atoms with Gasteiger partial charge in [0.15, 0.2) is 0 Å². The highest BCUT2D eigenvalue weighted by Gasteiger charge is 2.20. The van der Waals surface area contributed by atoms with Gasteiger partial charge in [0.1, 0.15) is 11.7 Å². The average Bonchev–Trinajstić information content (AvgIpc) is 2.77. The molecule has 1 unspecified atom stereocenters. The van der Waals surface area contributed by atoms with Crippen LogP contribution in [0, 0.1) is 0 Å². The van der Waals surface area contributed by atoms with E-state index in [1.807, 2.05) is 0 Å². The van der Waals surface area contributed by atoms with Gasteiger partial charge in [-0.3, -0.25) is 0 Å². The van der Waals surface area contributed by atoms with Crippen LogP contribution in [0.25, 0.3) is 0 Å². The highest BCUT2D eigenvalue weighted by molar-refractivity contribution is 5.96. The van der Waals surface area contributed by atoms with Crippen molar-refractivity contribution in [1.29, 1.82) is 0 Å². The van der Waals surface area contributed by atoms with Gasteiger partial charge < -0.3 is 26.9 Å². The van der Waals surface area contributed by atoms with Crippen LogP contribution in [-0.4, -0.2) is 29.5 Å². The Labute approximate surface area is 98.3 Å². The molecule has 1 rings (SSSR count). The van der Waals surface area contributed by atoms with Crippen molar-refractivity contribution in [2.24, 2.45) is 17.2 Å². The number of H-pyrrole nitrogens is 1. The van der Waals surface area contributed by atoms with Gasteiger partial charge in [0.25, 0.3) is 0 Å². The molecule has 1 atom stereocenters. The normalized spacial score (nSPS) is 12.2. The molecule has 0 amide bonds. The molecule has 94 valence electrons. The van der Waals surface area contributed by atoms with E-state index in [0.29, 0.717) is 6.54 Å². The van der Waals surface area contributed by atoms with Gasteiger partial charge >= 0.3 is 11.9 Å². The van der Waals surface area contributed by atoms with Crippen LogP contribution >= 0.6 is 0 Å². The molecule has 0 aliphatic heterocycles. The van der Waals surface area contributed by atoms with Crippen molar-refractivity contribution in [3.63, 3.8) is 0 Å². The Balaban J connectivity index is 2.57. The van der Waals surface area contributed by atoms with E-state index in [0.717, 1.165) is 5.56 Å². The zero-order valence-electron chi connectivity index (χ0n) is 9.31. The standard InChI is InChI=1S/C10H16N4O3/c11-2-1-7(13)9(15)17-10(16)8-3-6(4-12)5-14-8/h3,5,7,14H,1-2,4,11-13H2. The van der Waals surface area contributed by atoms with Crippen molar-refractivity contribution in [2.75, 3.05) is 6.54 Å². The van der Waals surface area contributed by atoms with Crippen molar-refractivity contribution in [1.82, 2.24) is 4.98 Å². The van der Waals surface area contributed by atoms with Crippen LogP contribution in [0.5, 0.6) is 0 Å². The summed E-state index contributed by atoms with van der Waals surface area (Å²) in [5.41, 5.74) is 17.0. The molecule has 0 aliphatic carbocycles. The van der Waals surface area contributed by atoms with E-state index >= 15 is 0 Å². The quantitative estimate of drug-likeness (QED) is 0.378. The fraction of sp³-hybridized carbons (Fsp3) is 0.400. The lowest BCUT2D eigenvalue weighted by Crippen LogP contribution is -2.35. The summed E-state index contributed by atoms with van der Waals surface area (Å²) in [7, 11) is 0. The lowest BCUT2D eigenvalue weighted by molar-refractivity contribution is -0.139. The second-order valence-corrected chi connectivity index (χ2v) is 3.52. The van der Waals surface area contributed by atoms with E-state index in [9.17, 15) is 9.59 Å². The van der Waals surface area contributed by atoms with Gasteiger partial charge in [-0.05, 0) is 24.6 Å². The minimum Gasteiger partial charge on any atom is -0.387 e. The highest BCUT2D eigenvalue weighted by Crippen LogP contribution is 2.05. The molecule has 1 aromatic heterocycles. The van der Waals surface area contributed by atoms with Crippen molar-refractivity contribution in [2.45, 2.75) is 19.0 Å². The predicted octanol–water partition coefficient (Wildman–Crippen LogP) is -1.17. The molecule has 7 nitrogen and oxygen atoms in total. The second-order valence-electron chi connectivity index (χ2n) is 3.52. The van der Waals surface area contributed by atoms with Crippen LogP contribution in [0.1, 0.15) is 22.5 Å². The summed E-state index contributed by atoms with van der Waals surface area (Å²) >= 11 is 0. The Morgan fingerprint density at radius 1 is 1.41 bits per heavy atom. The van der Waals surface area contributed by atoms with Crippen LogP contribution in [0.15, 0.2) is 12.3 Å². The first-order valence-corrected chi connectivity index (χ1v) is 5.17. The molecule has 1 heterocycles. The smallest absolute Gasteiger partial charge is 0.362 e. The molecule has 7 heteroatoms.